The topological polar surface area (TPSA) is 101 Å². The smallest absolute Gasteiger partial charge is 0.323 e. The van der Waals surface area contributed by atoms with E-state index in [9.17, 15) is 18.0 Å². The van der Waals surface area contributed by atoms with Gasteiger partial charge in [0.15, 0.2) is 11.0 Å². The molecule has 6 nitrogen and oxygen atoms in total. The molecule has 0 fully saturated rings. The molecule has 98 valence electrons. The first kappa shape index (κ1) is 14.2. The molecule has 2 N–H and O–H groups in total. The fraction of sp³-hybridized carbons (Fsp3) is 0.273. The Hall–Kier alpha value is -1.89. The zero-order valence-electron chi connectivity index (χ0n) is 9.88. The highest BCUT2D eigenvalue weighted by Crippen LogP contribution is 2.14. The quantitative estimate of drug-likeness (QED) is 0.781. The number of aliphatic carboxylic acids is 1. The molecule has 1 aromatic carbocycles. The highest BCUT2D eigenvalue weighted by atomic mass is 32.2. The van der Waals surface area contributed by atoms with Gasteiger partial charge in [0.1, 0.15) is 0 Å². The molecule has 1 aromatic rings. The van der Waals surface area contributed by atoms with E-state index in [-0.39, 0.29) is 11.5 Å². The molecule has 0 saturated carbocycles. The molecule has 0 aromatic heterocycles. The third kappa shape index (κ3) is 3.30. The molecule has 18 heavy (non-hydrogen) atoms. The van der Waals surface area contributed by atoms with Gasteiger partial charge in [-0.15, -0.1) is 0 Å². The number of rotatable bonds is 5. The van der Waals surface area contributed by atoms with Crippen LogP contribution in [-0.4, -0.2) is 30.5 Å². The Morgan fingerprint density at radius 2 is 1.94 bits per heavy atom. The first-order chi connectivity index (χ1) is 8.24. The van der Waals surface area contributed by atoms with Crippen LogP contribution in [0.2, 0.25) is 0 Å². The van der Waals surface area contributed by atoms with Crippen molar-refractivity contribution >= 4 is 27.5 Å². The van der Waals surface area contributed by atoms with Crippen LogP contribution in [0, 0.1) is 0 Å². The number of benzene rings is 1. The van der Waals surface area contributed by atoms with E-state index in [0.717, 1.165) is 6.92 Å². The summed E-state index contributed by atoms with van der Waals surface area (Å²) in [6.07, 6.45) is 0. The summed E-state index contributed by atoms with van der Waals surface area (Å²) in [6.45, 7) is 2.42. The highest BCUT2D eigenvalue weighted by molar-refractivity contribution is 7.94. The van der Waals surface area contributed by atoms with Gasteiger partial charge in [-0.25, -0.2) is 8.42 Å². The number of hydrogen-bond donors (Lipinski definition) is 2. The molecular weight excluding hydrogens is 258 g/mol. The molecule has 0 aliphatic rings. The van der Waals surface area contributed by atoms with Crippen molar-refractivity contribution in [2.45, 2.75) is 19.1 Å². The Bertz CT molecular complexity index is 579. The van der Waals surface area contributed by atoms with Crippen molar-refractivity contribution in [3.05, 3.63) is 29.8 Å². The van der Waals surface area contributed by atoms with Gasteiger partial charge in [0.25, 0.3) is 0 Å². The SMILES string of the molecule is CC(=O)c1cccc(NS(=O)(=O)C(C)C(=O)O)c1. The molecule has 0 saturated heterocycles. The largest absolute Gasteiger partial charge is 0.480 e. The summed E-state index contributed by atoms with van der Waals surface area (Å²) >= 11 is 0. The second-order valence-corrected chi connectivity index (χ2v) is 5.77. The number of carbonyl (C=O) groups is 2. The molecule has 0 aliphatic heterocycles. The van der Waals surface area contributed by atoms with Crippen molar-refractivity contribution in [2.75, 3.05) is 4.72 Å². The molecule has 0 spiro atoms. The van der Waals surface area contributed by atoms with Gasteiger partial charge in [-0.3, -0.25) is 14.3 Å². The fourth-order valence-electron chi connectivity index (χ4n) is 1.19. The molecule has 0 aliphatic carbocycles. The first-order valence-electron chi connectivity index (χ1n) is 5.09. The zero-order chi connectivity index (χ0) is 13.9. The van der Waals surface area contributed by atoms with Crippen LogP contribution in [0.15, 0.2) is 24.3 Å². The minimum Gasteiger partial charge on any atom is -0.480 e. The molecule has 0 heterocycles. The summed E-state index contributed by atoms with van der Waals surface area (Å²) in [5, 5.41) is 7.09. The van der Waals surface area contributed by atoms with E-state index in [1.54, 1.807) is 6.07 Å². The number of anilines is 1. The molecule has 7 heteroatoms. The van der Waals surface area contributed by atoms with Gasteiger partial charge >= 0.3 is 5.97 Å². The van der Waals surface area contributed by atoms with Gasteiger partial charge in [0.05, 0.1) is 0 Å². The maximum atomic E-state index is 11.6. The monoisotopic (exact) mass is 271 g/mol. The minimum absolute atomic E-state index is 0.163. The Morgan fingerprint density at radius 1 is 1.33 bits per heavy atom. The van der Waals surface area contributed by atoms with Crippen LogP contribution >= 0.6 is 0 Å². The van der Waals surface area contributed by atoms with Crippen molar-refractivity contribution in [3.63, 3.8) is 0 Å². The third-order valence-electron chi connectivity index (χ3n) is 2.34. The van der Waals surface area contributed by atoms with Crippen LogP contribution in [0.3, 0.4) is 0 Å². The number of hydrogen-bond acceptors (Lipinski definition) is 4. The van der Waals surface area contributed by atoms with E-state index in [0.29, 0.717) is 5.56 Å². The number of carboxylic acids is 1. The summed E-state index contributed by atoms with van der Waals surface area (Å²) in [5.74, 6) is -1.65. The van der Waals surface area contributed by atoms with Gasteiger partial charge in [0.2, 0.25) is 10.0 Å². The van der Waals surface area contributed by atoms with Gasteiger partial charge in [-0.05, 0) is 26.0 Å². The fourth-order valence-corrected chi connectivity index (χ4v) is 2.08. The van der Waals surface area contributed by atoms with Crippen molar-refractivity contribution in [2.24, 2.45) is 0 Å². The predicted molar refractivity (Wildman–Crippen MR) is 66.1 cm³/mol. The van der Waals surface area contributed by atoms with Crippen LogP contribution < -0.4 is 4.72 Å². The highest BCUT2D eigenvalue weighted by Gasteiger charge is 2.27. The number of carbonyl (C=O) groups excluding carboxylic acids is 1. The Kier molecular flexibility index (Phi) is 4.07. The lowest BCUT2D eigenvalue weighted by molar-refractivity contribution is -0.136. The van der Waals surface area contributed by atoms with Crippen molar-refractivity contribution in [3.8, 4) is 0 Å². The minimum atomic E-state index is -4.02. The molecule has 0 radical (unpaired) electrons. The summed E-state index contributed by atoms with van der Waals surface area (Å²) < 4.78 is 25.4. The van der Waals surface area contributed by atoms with Crippen LogP contribution in [0.1, 0.15) is 24.2 Å². The second kappa shape index (κ2) is 5.18. The molecule has 1 rings (SSSR count). The van der Waals surface area contributed by atoms with Gasteiger partial charge < -0.3 is 5.11 Å². The van der Waals surface area contributed by atoms with E-state index in [1.165, 1.54) is 25.1 Å². The van der Waals surface area contributed by atoms with E-state index in [2.05, 4.69) is 4.72 Å². The average molecular weight is 271 g/mol. The maximum absolute atomic E-state index is 11.6. The summed E-state index contributed by atoms with van der Waals surface area (Å²) in [7, 11) is -4.02. The number of carboxylic acid groups (broad SMARTS) is 1. The van der Waals surface area contributed by atoms with Crippen molar-refractivity contribution < 1.29 is 23.1 Å². The van der Waals surface area contributed by atoms with E-state index in [1.807, 2.05) is 0 Å². The standard InChI is InChI=1S/C11H13NO5S/c1-7(13)9-4-3-5-10(6-9)12-18(16,17)8(2)11(14)15/h3-6,8,12H,1-2H3,(H,14,15). The van der Waals surface area contributed by atoms with Gasteiger partial charge in [-0.1, -0.05) is 12.1 Å². The lowest BCUT2D eigenvalue weighted by Gasteiger charge is -2.11. The van der Waals surface area contributed by atoms with E-state index >= 15 is 0 Å². The summed E-state index contributed by atoms with van der Waals surface area (Å²) in [6, 6.07) is 5.85. The average Bonchev–Trinajstić information content (AvgIpc) is 2.27. The molecule has 1 unspecified atom stereocenters. The number of ketones is 1. The van der Waals surface area contributed by atoms with Crippen molar-refractivity contribution in [1.82, 2.24) is 0 Å². The third-order valence-corrected chi connectivity index (χ3v) is 4.00. The molecule has 0 amide bonds. The van der Waals surface area contributed by atoms with Crippen molar-refractivity contribution in [1.29, 1.82) is 0 Å². The Balaban J connectivity index is 3.01. The van der Waals surface area contributed by atoms with Gasteiger partial charge in [-0.2, -0.15) is 0 Å². The zero-order valence-corrected chi connectivity index (χ0v) is 10.7. The Labute approximate surface area is 105 Å². The van der Waals surface area contributed by atoms with Crippen LogP contribution in [0.25, 0.3) is 0 Å². The number of nitrogens with one attached hydrogen (secondary N) is 1. The normalized spacial score (nSPS) is 12.8. The number of sulfonamides is 1. The summed E-state index contributed by atoms with van der Waals surface area (Å²) in [5.41, 5.74) is 0.508. The van der Waals surface area contributed by atoms with Gasteiger partial charge in [0, 0.05) is 11.3 Å². The predicted octanol–water partition coefficient (Wildman–Crippen LogP) is 1.10. The summed E-state index contributed by atoms with van der Waals surface area (Å²) in [4.78, 5) is 21.8. The lowest BCUT2D eigenvalue weighted by Crippen LogP contribution is -2.32. The molecular formula is C11H13NO5S. The second-order valence-electron chi connectivity index (χ2n) is 3.76. The lowest BCUT2D eigenvalue weighted by atomic mass is 10.1. The first-order valence-corrected chi connectivity index (χ1v) is 6.64. The van der Waals surface area contributed by atoms with Crippen LogP contribution in [0.4, 0.5) is 5.69 Å². The maximum Gasteiger partial charge on any atom is 0.323 e. The van der Waals surface area contributed by atoms with Crippen LogP contribution in [-0.2, 0) is 14.8 Å². The van der Waals surface area contributed by atoms with Crippen LogP contribution in [0.5, 0.6) is 0 Å². The van der Waals surface area contributed by atoms with E-state index in [4.69, 9.17) is 5.11 Å². The van der Waals surface area contributed by atoms with E-state index < -0.39 is 21.2 Å². The molecule has 1 atom stereocenters. The molecule has 0 bridgehead atoms. The Morgan fingerprint density at radius 3 is 2.44 bits per heavy atom. The number of Topliss-reactive ketones (excluding diaryl/α,β-unsaturated/α-hetero) is 1.